The van der Waals surface area contributed by atoms with Crippen LogP contribution in [0.5, 0.6) is 0 Å². The predicted octanol–water partition coefficient (Wildman–Crippen LogP) is 2.21. The smallest absolute Gasteiger partial charge is 0.224 e. The summed E-state index contributed by atoms with van der Waals surface area (Å²) in [6.07, 6.45) is 12.3. The van der Waals surface area contributed by atoms with Gasteiger partial charge in [0.25, 0.3) is 0 Å². The average molecular weight is 413 g/mol. The topological polar surface area (TPSA) is 98.7 Å². The minimum Gasteiger partial charge on any atom is -0.391 e. The van der Waals surface area contributed by atoms with Crippen LogP contribution in [0.2, 0.25) is 0 Å². The fraction of sp³-hybridized carbons (Fsp3) is 0.727. The molecule has 0 spiro atoms. The van der Waals surface area contributed by atoms with Gasteiger partial charge in [-0.05, 0) is 38.5 Å². The number of nitrogens with zero attached hydrogens (tertiary/aromatic N) is 1. The van der Waals surface area contributed by atoms with Gasteiger partial charge >= 0.3 is 0 Å². The first kappa shape index (κ1) is 27.3. The van der Waals surface area contributed by atoms with Crippen LogP contribution in [0.3, 0.4) is 0 Å². The number of rotatable bonds is 20. The molecule has 29 heavy (non-hydrogen) atoms. The lowest BCUT2D eigenvalue weighted by atomic mass is 10.1. The van der Waals surface area contributed by atoms with Gasteiger partial charge in [-0.15, -0.1) is 13.2 Å². The van der Waals surface area contributed by atoms with Crippen molar-refractivity contribution in [3.63, 3.8) is 0 Å². The molecular weight excluding hydrogens is 370 g/mol. The first-order chi connectivity index (χ1) is 14.0. The zero-order valence-electron chi connectivity index (χ0n) is 18.0. The van der Waals surface area contributed by atoms with Gasteiger partial charge in [-0.2, -0.15) is 0 Å². The number of aliphatic hydroxyl groups excluding tert-OH is 2. The number of nitrogens with one attached hydrogen (secondary N) is 2. The summed E-state index contributed by atoms with van der Waals surface area (Å²) in [7, 11) is 0. The summed E-state index contributed by atoms with van der Waals surface area (Å²) >= 11 is 0. The molecule has 7 heteroatoms. The number of carbonyl (C=O) groups is 2. The van der Waals surface area contributed by atoms with Crippen molar-refractivity contribution in [2.45, 2.75) is 64.2 Å². The molecule has 0 heterocycles. The van der Waals surface area contributed by atoms with Crippen LogP contribution in [-0.4, -0.2) is 66.2 Å². The summed E-state index contributed by atoms with van der Waals surface area (Å²) in [4.78, 5) is 24.3. The maximum absolute atomic E-state index is 12.1. The maximum atomic E-state index is 12.1. The van der Waals surface area contributed by atoms with E-state index in [1.807, 2.05) is 12.2 Å². The lowest BCUT2D eigenvalue weighted by Crippen LogP contribution is -2.61. The molecule has 0 saturated heterocycles. The molecule has 0 unspecified atom stereocenters. The van der Waals surface area contributed by atoms with Crippen molar-refractivity contribution >= 4 is 11.8 Å². The van der Waals surface area contributed by atoms with Gasteiger partial charge in [0.1, 0.15) is 13.1 Å². The second-order valence-electron chi connectivity index (χ2n) is 7.53. The number of amides is 2. The Morgan fingerprint density at radius 2 is 1.14 bits per heavy atom. The monoisotopic (exact) mass is 412 g/mol. The first-order valence-corrected chi connectivity index (χ1v) is 10.9. The molecular formula is C22H42N3O4+. The molecule has 0 aliphatic carbocycles. The number of hydrogen-bond donors (Lipinski definition) is 4. The SMILES string of the molecule is C=CCCCCCC(=O)NC[N+](CCO)(CCO)CNC(=O)CCCCCC=C. The summed E-state index contributed by atoms with van der Waals surface area (Å²) in [5.41, 5.74) is 0. The summed E-state index contributed by atoms with van der Waals surface area (Å²) < 4.78 is 0.220. The van der Waals surface area contributed by atoms with Crippen molar-refractivity contribution in [2.75, 3.05) is 39.6 Å². The molecule has 2 amide bonds. The molecule has 168 valence electrons. The minimum atomic E-state index is -0.0884. The third-order valence-electron chi connectivity index (χ3n) is 5.00. The largest absolute Gasteiger partial charge is 0.391 e. The Bertz CT molecular complexity index is 427. The number of hydrogen-bond acceptors (Lipinski definition) is 4. The highest BCUT2D eigenvalue weighted by atomic mass is 16.3. The Morgan fingerprint density at radius 3 is 1.48 bits per heavy atom. The van der Waals surface area contributed by atoms with Crippen molar-refractivity contribution in [1.29, 1.82) is 0 Å². The van der Waals surface area contributed by atoms with Gasteiger partial charge in [-0.1, -0.05) is 25.0 Å². The maximum Gasteiger partial charge on any atom is 0.224 e. The van der Waals surface area contributed by atoms with Crippen LogP contribution in [0.4, 0.5) is 0 Å². The van der Waals surface area contributed by atoms with E-state index in [0.717, 1.165) is 51.4 Å². The number of quaternary nitrogens is 1. The summed E-state index contributed by atoms with van der Waals surface area (Å²) in [6.45, 7) is 8.43. The Morgan fingerprint density at radius 1 is 0.724 bits per heavy atom. The Balaban J connectivity index is 4.44. The molecule has 0 aliphatic rings. The summed E-state index contributed by atoms with van der Waals surface area (Å²) in [5.74, 6) is -0.0916. The van der Waals surface area contributed by atoms with E-state index >= 15 is 0 Å². The summed E-state index contributed by atoms with van der Waals surface area (Å²) in [6, 6.07) is 0. The second-order valence-corrected chi connectivity index (χ2v) is 7.53. The molecule has 0 saturated carbocycles. The highest BCUT2D eigenvalue weighted by Crippen LogP contribution is 2.07. The molecule has 0 bridgehead atoms. The van der Waals surface area contributed by atoms with Crippen molar-refractivity contribution in [1.82, 2.24) is 10.6 Å². The van der Waals surface area contributed by atoms with Crippen LogP contribution in [0, 0.1) is 0 Å². The lowest BCUT2D eigenvalue weighted by Gasteiger charge is -2.37. The minimum absolute atomic E-state index is 0.0458. The van der Waals surface area contributed by atoms with Crippen molar-refractivity contribution in [3.05, 3.63) is 25.3 Å². The molecule has 0 radical (unpaired) electrons. The zero-order valence-corrected chi connectivity index (χ0v) is 18.0. The van der Waals surface area contributed by atoms with Crippen LogP contribution in [-0.2, 0) is 9.59 Å². The molecule has 0 atom stereocenters. The fourth-order valence-electron chi connectivity index (χ4n) is 3.10. The molecule has 0 aromatic heterocycles. The van der Waals surface area contributed by atoms with Crippen LogP contribution >= 0.6 is 0 Å². The Labute approximate surface area is 176 Å². The highest BCUT2D eigenvalue weighted by molar-refractivity contribution is 5.76. The normalized spacial score (nSPS) is 11.1. The van der Waals surface area contributed by atoms with Gasteiger partial charge in [0, 0.05) is 12.8 Å². The van der Waals surface area contributed by atoms with Crippen molar-refractivity contribution < 1.29 is 24.3 Å². The van der Waals surface area contributed by atoms with E-state index in [4.69, 9.17) is 0 Å². The van der Waals surface area contributed by atoms with E-state index in [2.05, 4.69) is 23.8 Å². The van der Waals surface area contributed by atoms with Gasteiger partial charge in [0.05, 0.1) is 13.2 Å². The lowest BCUT2D eigenvalue weighted by molar-refractivity contribution is -0.932. The fourth-order valence-corrected chi connectivity index (χ4v) is 3.10. The van der Waals surface area contributed by atoms with E-state index in [1.54, 1.807) is 0 Å². The van der Waals surface area contributed by atoms with E-state index in [-0.39, 0.29) is 42.8 Å². The van der Waals surface area contributed by atoms with E-state index < -0.39 is 0 Å². The average Bonchev–Trinajstić information content (AvgIpc) is 2.71. The molecule has 0 aliphatic heterocycles. The van der Waals surface area contributed by atoms with E-state index in [9.17, 15) is 19.8 Å². The molecule has 7 nitrogen and oxygen atoms in total. The van der Waals surface area contributed by atoms with Crippen molar-refractivity contribution in [3.8, 4) is 0 Å². The van der Waals surface area contributed by atoms with Crippen LogP contribution in [0.1, 0.15) is 64.2 Å². The molecule has 0 aromatic rings. The second kappa shape index (κ2) is 18.3. The van der Waals surface area contributed by atoms with E-state index in [1.165, 1.54) is 0 Å². The molecule has 4 N–H and O–H groups in total. The van der Waals surface area contributed by atoms with Gasteiger partial charge in [-0.3, -0.25) is 14.1 Å². The Kier molecular flexibility index (Phi) is 17.3. The number of unbranched alkanes of at least 4 members (excludes halogenated alkanes) is 6. The third-order valence-corrected chi connectivity index (χ3v) is 5.00. The van der Waals surface area contributed by atoms with E-state index in [0.29, 0.717) is 25.9 Å². The van der Waals surface area contributed by atoms with Crippen molar-refractivity contribution in [2.24, 2.45) is 0 Å². The number of carbonyl (C=O) groups excluding carboxylic acids is 2. The van der Waals surface area contributed by atoms with Crippen LogP contribution in [0.25, 0.3) is 0 Å². The number of allylic oxidation sites excluding steroid dienone is 2. The van der Waals surface area contributed by atoms with Gasteiger partial charge in [0.2, 0.25) is 11.8 Å². The molecule has 0 fully saturated rings. The third kappa shape index (κ3) is 14.9. The molecule has 0 aromatic carbocycles. The number of aliphatic hydroxyl groups is 2. The quantitative estimate of drug-likeness (QED) is 0.107. The van der Waals surface area contributed by atoms with Gasteiger partial charge in [0.15, 0.2) is 13.3 Å². The standard InChI is InChI=1S/C22H41N3O4/c1-3-5-7-9-11-13-21(28)23-19-25(15-17-26,16-18-27)20-24-22(29)14-12-10-8-6-4-2/h3-4,26-27H,1-2,5-20H2,(H-,23,24,28,29)/p+1. The van der Waals surface area contributed by atoms with Crippen LogP contribution in [0.15, 0.2) is 25.3 Å². The zero-order chi connectivity index (χ0) is 21.8. The Hall–Kier alpha value is -1.70. The van der Waals surface area contributed by atoms with Crippen LogP contribution < -0.4 is 10.6 Å². The highest BCUT2D eigenvalue weighted by Gasteiger charge is 2.27. The molecule has 0 rings (SSSR count). The summed E-state index contributed by atoms with van der Waals surface area (Å²) in [5, 5.41) is 24.7. The first-order valence-electron chi connectivity index (χ1n) is 10.9. The van der Waals surface area contributed by atoms with Gasteiger partial charge < -0.3 is 20.8 Å². The predicted molar refractivity (Wildman–Crippen MR) is 117 cm³/mol. The van der Waals surface area contributed by atoms with Gasteiger partial charge in [-0.25, -0.2) is 0 Å².